The number of amidine groups is 2. The van der Waals surface area contributed by atoms with Crippen LogP contribution < -0.4 is 30.4 Å². The highest BCUT2D eigenvalue weighted by Gasteiger charge is 1.94. The third kappa shape index (κ3) is 26.2. The maximum atomic E-state index is 10.1. The van der Waals surface area contributed by atoms with Crippen LogP contribution in [0.2, 0.25) is 0 Å². The summed E-state index contributed by atoms with van der Waals surface area (Å²) in [5, 5.41) is 14.0. The number of nitrogen functional groups attached to an aromatic ring is 2. The molecular weight excluding hydrogens is 641 g/mol. The van der Waals surface area contributed by atoms with Crippen molar-refractivity contribution >= 4 is 31.7 Å². The van der Waals surface area contributed by atoms with Crippen LogP contribution in [0.1, 0.15) is 25.0 Å². The van der Waals surface area contributed by atoms with E-state index in [1.807, 2.05) is 121 Å². The van der Waals surface area contributed by atoms with Crippen LogP contribution >= 0.6 is 0 Å². The van der Waals surface area contributed by atoms with Gasteiger partial charge in [-0.3, -0.25) is 10.8 Å². The molecule has 0 spiro atoms. The average Bonchev–Trinajstić information content (AvgIpc) is 3.03. The van der Waals surface area contributed by atoms with E-state index in [0.717, 1.165) is 35.1 Å². The summed E-state index contributed by atoms with van der Waals surface area (Å²) in [6.45, 7) is 4.65. The number of nitrogens with one attached hydrogen (secondary N) is 4. The Morgan fingerprint density at radius 2 is 0.809 bits per heavy atom. The molecule has 4 aromatic rings. The van der Waals surface area contributed by atoms with E-state index in [1.165, 1.54) is 0 Å². The fourth-order valence-electron chi connectivity index (χ4n) is 2.96. The molecular formula is C33H46N6O6S2. The lowest BCUT2D eigenvalue weighted by Crippen LogP contribution is -2.20. The second kappa shape index (κ2) is 24.5. The molecule has 4 aromatic carbocycles. The lowest BCUT2D eigenvalue weighted by molar-refractivity contribution is 0.120. The first kappa shape index (κ1) is 42.2. The lowest BCUT2D eigenvalue weighted by Gasteiger charge is -2.07. The Hall–Kier alpha value is -4.76. The number of para-hydroxylation sites is 2. The molecule has 0 aliphatic heterocycles. The Labute approximate surface area is 279 Å². The summed E-state index contributed by atoms with van der Waals surface area (Å²) in [5.74, 6) is 1.87. The molecule has 47 heavy (non-hydrogen) atoms. The van der Waals surface area contributed by atoms with Crippen LogP contribution in [0, 0.1) is 10.8 Å². The van der Waals surface area contributed by atoms with E-state index in [-0.39, 0.29) is 18.5 Å². The van der Waals surface area contributed by atoms with Gasteiger partial charge in [0.1, 0.15) is 23.2 Å². The fraction of sp³-hybridized carbons (Fsp3) is 0.212. The first-order valence-corrected chi connectivity index (χ1v) is 18.0. The van der Waals surface area contributed by atoms with Crippen molar-refractivity contribution in [3.8, 4) is 11.5 Å². The molecule has 256 valence electrons. The second-order valence-corrected chi connectivity index (χ2v) is 12.8. The first-order chi connectivity index (χ1) is 22.2. The number of sulfonamides is 2. The SMILES string of the molecule is CCNS(C)(=O)=O.CCNS(C)(=O)=O.N=C(N)c1ccccc1.N=C(N)c1ccccc1.c1ccc(OCOc2ccccc2)cc1. The number of hydrogen-bond acceptors (Lipinski definition) is 8. The molecule has 0 radical (unpaired) electrons. The Kier molecular flexibility index (Phi) is 22.0. The second-order valence-electron chi connectivity index (χ2n) is 9.13. The van der Waals surface area contributed by atoms with E-state index in [2.05, 4.69) is 9.44 Å². The Balaban J connectivity index is 0.000000586. The van der Waals surface area contributed by atoms with Crippen LogP contribution in [0.5, 0.6) is 11.5 Å². The van der Waals surface area contributed by atoms with E-state index in [9.17, 15) is 16.8 Å². The molecule has 0 fully saturated rings. The molecule has 0 atom stereocenters. The van der Waals surface area contributed by atoms with Gasteiger partial charge in [-0.1, -0.05) is 111 Å². The monoisotopic (exact) mass is 686 g/mol. The highest BCUT2D eigenvalue weighted by Crippen LogP contribution is 2.11. The van der Waals surface area contributed by atoms with Gasteiger partial charge in [-0.15, -0.1) is 0 Å². The maximum absolute atomic E-state index is 10.1. The summed E-state index contributed by atoms with van der Waals surface area (Å²) in [4.78, 5) is 0. The zero-order valence-corrected chi connectivity index (χ0v) is 28.7. The van der Waals surface area contributed by atoms with Gasteiger partial charge in [-0.05, 0) is 24.3 Å². The van der Waals surface area contributed by atoms with Crippen molar-refractivity contribution in [2.75, 3.05) is 32.4 Å². The van der Waals surface area contributed by atoms with Crippen LogP contribution in [0.3, 0.4) is 0 Å². The van der Waals surface area contributed by atoms with E-state index >= 15 is 0 Å². The van der Waals surface area contributed by atoms with E-state index in [0.29, 0.717) is 13.1 Å². The summed E-state index contributed by atoms with van der Waals surface area (Å²) in [6.07, 6.45) is 2.27. The average molecular weight is 687 g/mol. The van der Waals surface area contributed by atoms with Crippen LogP contribution in [0.4, 0.5) is 0 Å². The summed E-state index contributed by atoms with van der Waals surface area (Å²) in [6, 6.07) is 37.7. The molecule has 14 heteroatoms. The first-order valence-electron chi connectivity index (χ1n) is 14.2. The molecule has 0 aromatic heterocycles. The molecule has 8 N–H and O–H groups in total. The molecule has 12 nitrogen and oxygen atoms in total. The van der Waals surface area contributed by atoms with Gasteiger partial charge < -0.3 is 20.9 Å². The molecule has 0 saturated heterocycles. The van der Waals surface area contributed by atoms with Crippen LogP contribution in [-0.2, 0) is 20.0 Å². The third-order valence-electron chi connectivity index (χ3n) is 4.92. The van der Waals surface area contributed by atoms with Gasteiger partial charge in [0, 0.05) is 24.2 Å². The highest BCUT2D eigenvalue weighted by molar-refractivity contribution is 7.89. The van der Waals surface area contributed by atoms with E-state index < -0.39 is 20.0 Å². The normalized spacial score (nSPS) is 9.96. The molecule has 0 aliphatic rings. The van der Waals surface area contributed by atoms with Crippen LogP contribution in [0.25, 0.3) is 0 Å². The van der Waals surface area contributed by atoms with Crippen molar-refractivity contribution < 1.29 is 26.3 Å². The fourth-order valence-corrected chi connectivity index (χ4v) is 4.01. The standard InChI is InChI=1S/C13H12O2.2C7H8N2.2C3H9NO2S/c1-3-7-12(8-4-1)14-11-15-13-9-5-2-6-10-13;2*8-7(9)6-4-2-1-3-5-6;2*1-3-4-7(2,5)6/h1-10H,11H2;2*1-5H,(H3,8,9);2*4H,3H2,1-2H3. The number of nitrogens with two attached hydrogens (primary N) is 2. The highest BCUT2D eigenvalue weighted by atomic mass is 32.2. The van der Waals surface area contributed by atoms with Gasteiger partial charge in [-0.2, -0.15) is 0 Å². The molecule has 0 aliphatic carbocycles. The molecule has 0 heterocycles. The number of ether oxygens (including phenoxy) is 2. The van der Waals surface area contributed by atoms with E-state index in [1.54, 1.807) is 13.8 Å². The number of benzene rings is 4. The molecule has 0 saturated carbocycles. The van der Waals surface area contributed by atoms with Crippen molar-refractivity contribution in [1.29, 1.82) is 10.8 Å². The summed E-state index contributed by atoms with van der Waals surface area (Å²) in [7, 11) is -5.85. The number of hydrogen-bond donors (Lipinski definition) is 6. The van der Waals surface area contributed by atoms with E-state index in [4.69, 9.17) is 31.8 Å². The summed E-state index contributed by atoms with van der Waals surface area (Å²) in [5.41, 5.74) is 11.9. The maximum Gasteiger partial charge on any atom is 0.230 e. The van der Waals surface area contributed by atoms with Gasteiger partial charge in [0.2, 0.25) is 26.8 Å². The van der Waals surface area contributed by atoms with Gasteiger partial charge in [-0.25, -0.2) is 26.3 Å². The van der Waals surface area contributed by atoms with Crippen molar-refractivity contribution in [3.63, 3.8) is 0 Å². The minimum absolute atomic E-state index is 0.121. The number of rotatable bonds is 10. The zero-order valence-electron chi connectivity index (χ0n) is 27.1. The summed E-state index contributed by atoms with van der Waals surface area (Å²) >= 11 is 0. The molecule has 4 rings (SSSR count). The van der Waals surface area contributed by atoms with Gasteiger partial charge in [0.15, 0.2) is 0 Å². The van der Waals surface area contributed by atoms with Crippen molar-refractivity contribution in [2.45, 2.75) is 13.8 Å². The van der Waals surface area contributed by atoms with Crippen molar-refractivity contribution in [3.05, 3.63) is 132 Å². The Bertz CT molecular complexity index is 1490. The predicted molar refractivity (Wildman–Crippen MR) is 191 cm³/mol. The topological polar surface area (TPSA) is 211 Å². The Morgan fingerprint density at radius 3 is 0.979 bits per heavy atom. The molecule has 0 bridgehead atoms. The zero-order chi connectivity index (χ0) is 35.6. The minimum atomic E-state index is -2.92. The Morgan fingerprint density at radius 1 is 0.553 bits per heavy atom. The van der Waals surface area contributed by atoms with Crippen molar-refractivity contribution in [2.24, 2.45) is 11.5 Å². The third-order valence-corrected chi connectivity index (χ3v) is 6.55. The molecule has 0 unspecified atom stereocenters. The largest absolute Gasteiger partial charge is 0.458 e. The minimum Gasteiger partial charge on any atom is -0.458 e. The smallest absolute Gasteiger partial charge is 0.230 e. The lowest BCUT2D eigenvalue weighted by atomic mass is 10.2. The van der Waals surface area contributed by atoms with Gasteiger partial charge >= 0.3 is 0 Å². The van der Waals surface area contributed by atoms with Gasteiger partial charge in [0.25, 0.3) is 0 Å². The van der Waals surface area contributed by atoms with Crippen molar-refractivity contribution in [1.82, 2.24) is 9.44 Å². The molecule has 0 amide bonds. The summed E-state index contributed by atoms with van der Waals surface area (Å²) < 4.78 is 55.8. The van der Waals surface area contributed by atoms with Crippen LogP contribution in [-0.4, -0.2) is 60.9 Å². The van der Waals surface area contributed by atoms with Crippen LogP contribution in [0.15, 0.2) is 121 Å². The quantitative estimate of drug-likeness (QED) is 0.0808. The van der Waals surface area contributed by atoms with Gasteiger partial charge in [0.05, 0.1) is 12.5 Å². The predicted octanol–water partition coefficient (Wildman–Crippen LogP) is 4.15.